The maximum Gasteiger partial charge on any atom is 0.320 e. The summed E-state index contributed by atoms with van der Waals surface area (Å²) in [6.45, 7) is 9.46. The van der Waals surface area contributed by atoms with E-state index in [1.807, 2.05) is 60.7 Å². The Balaban J connectivity index is 1.13. The highest BCUT2D eigenvalue weighted by molar-refractivity contribution is 7.81. The fourth-order valence-electron chi connectivity index (χ4n) is 8.52. The molecule has 6 heteroatoms. The Hall–Kier alpha value is -3.17. The number of ether oxygens (including phenoxy) is 1. The lowest BCUT2D eigenvalue weighted by atomic mass is 9.49. The molecule has 0 aliphatic heterocycles. The van der Waals surface area contributed by atoms with Gasteiger partial charge in [-0.3, -0.25) is 9.59 Å². The molecule has 2 saturated carbocycles. The summed E-state index contributed by atoms with van der Waals surface area (Å²) in [6.07, 6.45) is 6.49. The second-order valence-corrected chi connectivity index (χ2v) is 17.4. The summed E-state index contributed by atoms with van der Waals surface area (Å²) < 4.78 is 20.5. The van der Waals surface area contributed by atoms with Crippen molar-refractivity contribution in [2.75, 3.05) is 13.2 Å². The van der Waals surface area contributed by atoms with Crippen molar-refractivity contribution in [3.05, 3.63) is 95.6 Å². The predicted octanol–water partition coefficient (Wildman–Crippen LogP) is 7.03. The molecule has 3 aromatic rings. The summed E-state index contributed by atoms with van der Waals surface area (Å²) in [6, 6.07) is 25.6. The molecular weight excluding hydrogens is 565 g/mol. The van der Waals surface area contributed by atoms with E-state index in [-0.39, 0.29) is 23.3 Å². The van der Waals surface area contributed by atoms with Crippen LogP contribution in [-0.4, -0.2) is 30.2 Å². The van der Waals surface area contributed by atoms with Gasteiger partial charge in [0, 0.05) is 17.2 Å². The number of carbonyl (C=O) groups is 2. The highest BCUT2D eigenvalue weighted by Gasteiger charge is 2.65. The monoisotopic (exact) mass is 611 g/mol. The highest BCUT2D eigenvalue weighted by atomic mass is 31.2. The molecule has 5 nitrogen and oxygen atoms in total. The zero-order valence-corrected chi connectivity index (χ0v) is 27.5. The molecule has 3 aliphatic carbocycles. The van der Waals surface area contributed by atoms with Gasteiger partial charge >= 0.3 is 5.97 Å². The number of fused-ring (bicyclic) bond motifs is 3. The number of hydrogen-bond donors (Lipinski definition) is 1. The molecule has 2 fully saturated rings. The molecule has 0 saturated heterocycles. The molecular formula is C38H46NO4P. The van der Waals surface area contributed by atoms with E-state index in [1.54, 1.807) is 0 Å². The van der Waals surface area contributed by atoms with Crippen molar-refractivity contribution in [1.82, 2.24) is 5.32 Å². The predicted molar refractivity (Wildman–Crippen MR) is 177 cm³/mol. The topological polar surface area (TPSA) is 72.5 Å². The zero-order valence-electron chi connectivity index (χ0n) is 26.6. The van der Waals surface area contributed by atoms with E-state index >= 15 is 0 Å². The zero-order chi connectivity index (χ0) is 31.2. The van der Waals surface area contributed by atoms with Crippen LogP contribution >= 0.6 is 7.14 Å². The van der Waals surface area contributed by atoms with Gasteiger partial charge in [-0.15, -0.1) is 0 Å². The summed E-state index contributed by atoms with van der Waals surface area (Å²) in [4.78, 5) is 26.8. The standard InChI is InChI=1S/C38H46NO4P/c1-27(2)28-16-18-32-29(24-28)17-19-33-36(3,20-11-21-37(32,33)4)26-39-34(40)25-43-35(41)38(22-23-38)44(42,30-12-7-5-8-13-30)31-14-9-6-10-15-31/h5-10,12-16,18,24,27,33H,11,17,19-23,25-26H2,1-4H3,(H,39,40). The van der Waals surface area contributed by atoms with Crippen LogP contribution in [0.1, 0.15) is 88.8 Å². The van der Waals surface area contributed by atoms with Gasteiger partial charge in [0.15, 0.2) is 13.7 Å². The number of aryl methyl sites for hydroxylation is 1. The summed E-state index contributed by atoms with van der Waals surface area (Å²) in [5.74, 6) is 0.144. The number of hydrogen-bond acceptors (Lipinski definition) is 4. The SMILES string of the molecule is CC(C)c1ccc2c(c1)CCC1C(C)(CNC(=O)COC(=O)C3(P(=O)(c4ccccc4)c4ccccc4)CC3)CCCC21C. The normalized spacial score (nSPS) is 25.4. The van der Waals surface area contributed by atoms with Gasteiger partial charge in [-0.1, -0.05) is 113 Å². The number of carbonyl (C=O) groups excluding carboxylic acids is 2. The highest BCUT2D eigenvalue weighted by Crippen LogP contribution is 2.68. The number of nitrogens with one attached hydrogen (secondary N) is 1. The molecule has 3 unspecified atom stereocenters. The van der Waals surface area contributed by atoms with Gasteiger partial charge in [-0.25, -0.2) is 0 Å². The molecule has 44 heavy (non-hydrogen) atoms. The summed E-state index contributed by atoms with van der Waals surface area (Å²) >= 11 is 0. The van der Waals surface area contributed by atoms with E-state index in [4.69, 9.17) is 4.74 Å². The molecule has 0 radical (unpaired) electrons. The van der Waals surface area contributed by atoms with Gasteiger partial charge in [0.25, 0.3) is 5.91 Å². The minimum absolute atomic E-state index is 0.0465. The summed E-state index contributed by atoms with van der Waals surface area (Å²) in [5.41, 5.74) is 4.42. The third-order valence-electron chi connectivity index (χ3n) is 11.1. The van der Waals surface area contributed by atoms with Gasteiger partial charge < -0.3 is 14.6 Å². The van der Waals surface area contributed by atoms with Gasteiger partial charge in [-0.2, -0.15) is 0 Å². The van der Waals surface area contributed by atoms with Crippen molar-refractivity contribution in [2.45, 2.75) is 89.1 Å². The third kappa shape index (κ3) is 5.15. The van der Waals surface area contributed by atoms with E-state index in [0.29, 0.717) is 41.8 Å². The average Bonchev–Trinajstić information content (AvgIpc) is 3.85. The maximum atomic E-state index is 14.9. The first-order valence-electron chi connectivity index (χ1n) is 16.3. The molecule has 6 rings (SSSR count). The molecule has 3 aromatic carbocycles. The first-order chi connectivity index (χ1) is 21.0. The minimum Gasteiger partial charge on any atom is -0.455 e. The van der Waals surface area contributed by atoms with Crippen LogP contribution in [0.25, 0.3) is 0 Å². The molecule has 0 heterocycles. The van der Waals surface area contributed by atoms with Crippen LogP contribution in [-0.2, 0) is 30.7 Å². The number of amides is 1. The molecule has 3 aliphatic rings. The van der Waals surface area contributed by atoms with Crippen LogP contribution in [0.2, 0.25) is 0 Å². The molecule has 0 spiro atoms. The van der Waals surface area contributed by atoms with Crippen molar-refractivity contribution in [1.29, 1.82) is 0 Å². The van der Waals surface area contributed by atoms with Crippen molar-refractivity contribution in [3.8, 4) is 0 Å². The van der Waals surface area contributed by atoms with E-state index < -0.39 is 18.3 Å². The van der Waals surface area contributed by atoms with Crippen LogP contribution in [0.3, 0.4) is 0 Å². The summed E-state index contributed by atoms with van der Waals surface area (Å²) in [5, 5.41) is 3.30. The van der Waals surface area contributed by atoms with Crippen molar-refractivity contribution in [2.24, 2.45) is 11.3 Å². The lowest BCUT2D eigenvalue weighted by Crippen LogP contribution is -2.53. The molecule has 0 aromatic heterocycles. The first kappa shape index (κ1) is 30.8. The Morgan fingerprint density at radius 3 is 2.14 bits per heavy atom. The Kier molecular flexibility index (Phi) is 8.16. The largest absolute Gasteiger partial charge is 0.455 e. The van der Waals surface area contributed by atoms with Gasteiger partial charge in [0.05, 0.1) is 0 Å². The molecule has 1 N–H and O–H groups in total. The lowest BCUT2D eigenvalue weighted by Gasteiger charge is -2.55. The molecule has 232 valence electrons. The molecule has 3 atom stereocenters. The Morgan fingerprint density at radius 1 is 0.909 bits per heavy atom. The van der Waals surface area contributed by atoms with Crippen LogP contribution < -0.4 is 15.9 Å². The van der Waals surface area contributed by atoms with Crippen molar-refractivity contribution < 1.29 is 18.9 Å². The van der Waals surface area contributed by atoms with E-state index in [1.165, 1.54) is 16.7 Å². The van der Waals surface area contributed by atoms with E-state index in [0.717, 1.165) is 32.1 Å². The number of rotatable bonds is 9. The molecule has 1 amide bonds. The van der Waals surface area contributed by atoms with Gasteiger partial charge in [-0.05, 0) is 77.9 Å². The lowest BCUT2D eigenvalue weighted by molar-refractivity contribution is -0.149. The van der Waals surface area contributed by atoms with Crippen LogP contribution in [0.15, 0.2) is 78.9 Å². The van der Waals surface area contributed by atoms with Crippen LogP contribution in [0, 0.1) is 11.3 Å². The third-order valence-corrected chi connectivity index (χ3v) is 15.0. The van der Waals surface area contributed by atoms with Crippen molar-refractivity contribution in [3.63, 3.8) is 0 Å². The minimum atomic E-state index is -3.35. The second kappa shape index (κ2) is 11.6. The number of benzene rings is 3. The quantitative estimate of drug-likeness (QED) is 0.208. The fourth-order valence-corrected chi connectivity index (χ4v) is 12.1. The second-order valence-electron chi connectivity index (χ2n) is 14.3. The van der Waals surface area contributed by atoms with Crippen LogP contribution in [0.4, 0.5) is 0 Å². The first-order valence-corrected chi connectivity index (χ1v) is 18.0. The van der Waals surface area contributed by atoms with E-state index in [9.17, 15) is 14.2 Å². The summed E-state index contributed by atoms with van der Waals surface area (Å²) in [7, 11) is -3.35. The van der Waals surface area contributed by atoms with Gasteiger partial charge in [0.2, 0.25) is 0 Å². The van der Waals surface area contributed by atoms with Crippen molar-refractivity contribution >= 4 is 29.6 Å². The van der Waals surface area contributed by atoms with Crippen LogP contribution in [0.5, 0.6) is 0 Å². The maximum absolute atomic E-state index is 14.9. The van der Waals surface area contributed by atoms with E-state index in [2.05, 4.69) is 51.2 Å². The number of esters is 1. The van der Waals surface area contributed by atoms with Gasteiger partial charge in [0.1, 0.15) is 5.16 Å². The Labute approximate surface area is 262 Å². The Bertz CT molecular complexity index is 1540. The molecule has 0 bridgehead atoms. The smallest absolute Gasteiger partial charge is 0.320 e. The average molecular weight is 612 g/mol. The Morgan fingerprint density at radius 2 is 1.55 bits per heavy atom. The fraction of sp³-hybridized carbons (Fsp3) is 0.474.